The summed E-state index contributed by atoms with van der Waals surface area (Å²) in [6, 6.07) is 0. The van der Waals surface area contributed by atoms with E-state index in [0.29, 0.717) is 6.42 Å². The van der Waals surface area contributed by atoms with Crippen molar-refractivity contribution in [2.24, 2.45) is 11.3 Å². The molecule has 3 atom stereocenters. The van der Waals surface area contributed by atoms with Crippen molar-refractivity contribution in [3.8, 4) is 0 Å². The number of aliphatic hydroxyl groups excluding tert-OH is 1. The highest BCUT2D eigenvalue weighted by molar-refractivity contribution is 5.85. The van der Waals surface area contributed by atoms with Crippen LogP contribution in [0.3, 0.4) is 0 Å². The second-order valence-electron chi connectivity index (χ2n) is 7.32. The number of carboxylic acids is 1. The van der Waals surface area contributed by atoms with Gasteiger partial charge in [0.1, 0.15) is 5.78 Å². The minimum Gasteiger partial charge on any atom is -0.479 e. The van der Waals surface area contributed by atoms with Gasteiger partial charge in [0, 0.05) is 12.3 Å². The maximum absolute atomic E-state index is 13.9. The second-order valence-corrected chi connectivity index (χ2v) is 7.32. The number of Topliss-reactive ketones (excluding diaryl/α,β-unsaturated/α-hetero) is 1. The third-order valence-corrected chi connectivity index (χ3v) is 5.33. The molecule has 0 heterocycles. The Bertz CT molecular complexity index is 530. The maximum atomic E-state index is 13.9. The Morgan fingerprint density at radius 1 is 1.22 bits per heavy atom. The van der Waals surface area contributed by atoms with E-state index in [-0.39, 0.29) is 31.5 Å². The monoisotopic (exact) mass is 386 g/mol. The van der Waals surface area contributed by atoms with Crippen LogP contribution < -0.4 is 0 Å². The predicted molar refractivity (Wildman–Crippen MR) is 101 cm³/mol. The molecule has 1 saturated carbocycles. The van der Waals surface area contributed by atoms with Crippen molar-refractivity contribution in [3.63, 3.8) is 0 Å². The molecule has 154 valence electrons. The van der Waals surface area contributed by atoms with Gasteiger partial charge in [-0.25, -0.2) is 13.6 Å². The number of aliphatic carboxylic acids is 1. The molecule has 0 saturated heterocycles. The zero-order chi connectivity index (χ0) is 20.3. The fraction of sp³-hybridized carbons (Fsp3) is 0.714. The van der Waals surface area contributed by atoms with Crippen LogP contribution in [0.2, 0.25) is 0 Å². The molecule has 0 aromatic carbocycles. The molecular weight excluding hydrogens is 354 g/mol. The van der Waals surface area contributed by atoms with E-state index in [1.54, 1.807) is 24.3 Å². The van der Waals surface area contributed by atoms with Gasteiger partial charge in [0.2, 0.25) is 6.43 Å². The minimum absolute atomic E-state index is 0.0576. The second kappa shape index (κ2) is 12.0. The fourth-order valence-electron chi connectivity index (χ4n) is 3.59. The summed E-state index contributed by atoms with van der Waals surface area (Å²) in [5.41, 5.74) is -1.40. The van der Waals surface area contributed by atoms with Gasteiger partial charge in [-0.3, -0.25) is 4.79 Å². The number of aliphatic hydroxyl groups is 1. The van der Waals surface area contributed by atoms with Crippen LogP contribution in [0.15, 0.2) is 24.3 Å². The summed E-state index contributed by atoms with van der Waals surface area (Å²) in [6.45, 7) is 2.12. The van der Waals surface area contributed by atoms with Crippen molar-refractivity contribution in [1.82, 2.24) is 0 Å². The van der Waals surface area contributed by atoms with Gasteiger partial charge in [0.25, 0.3) is 0 Å². The third-order valence-electron chi connectivity index (χ3n) is 5.33. The highest BCUT2D eigenvalue weighted by atomic mass is 19.3. The Morgan fingerprint density at radius 3 is 2.59 bits per heavy atom. The summed E-state index contributed by atoms with van der Waals surface area (Å²) in [6.07, 6.45) is 8.65. The van der Waals surface area contributed by atoms with Gasteiger partial charge < -0.3 is 10.2 Å². The molecule has 0 bridgehead atoms. The molecule has 4 nitrogen and oxygen atoms in total. The quantitative estimate of drug-likeness (QED) is 0.348. The van der Waals surface area contributed by atoms with E-state index in [9.17, 15) is 23.5 Å². The summed E-state index contributed by atoms with van der Waals surface area (Å²) >= 11 is 0. The molecule has 27 heavy (non-hydrogen) atoms. The third kappa shape index (κ3) is 7.17. The Morgan fingerprint density at radius 2 is 1.96 bits per heavy atom. The van der Waals surface area contributed by atoms with Crippen LogP contribution in [-0.4, -0.2) is 34.5 Å². The summed E-state index contributed by atoms with van der Waals surface area (Å²) in [5, 5.41) is 17.8. The molecule has 0 spiro atoms. The smallest absolute Gasteiger partial charge is 0.332 e. The van der Waals surface area contributed by atoms with Crippen LogP contribution >= 0.6 is 0 Å². The molecule has 1 aliphatic carbocycles. The normalized spacial score (nSPS) is 24.5. The Kier molecular flexibility index (Phi) is 10.4. The summed E-state index contributed by atoms with van der Waals surface area (Å²) in [7, 11) is 0. The lowest BCUT2D eigenvalue weighted by Crippen LogP contribution is -2.33. The average molecular weight is 386 g/mol. The summed E-state index contributed by atoms with van der Waals surface area (Å²) < 4.78 is 27.8. The van der Waals surface area contributed by atoms with E-state index in [1.807, 2.05) is 0 Å². The van der Waals surface area contributed by atoms with Crippen molar-refractivity contribution in [2.45, 2.75) is 83.7 Å². The molecule has 1 fully saturated rings. The first-order valence-corrected chi connectivity index (χ1v) is 9.89. The molecule has 6 heteroatoms. The number of halogens is 2. The molecule has 1 aliphatic rings. The van der Waals surface area contributed by atoms with E-state index in [4.69, 9.17) is 5.11 Å². The molecule has 0 amide bonds. The van der Waals surface area contributed by atoms with Gasteiger partial charge in [-0.2, -0.15) is 0 Å². The first-order chi connectivity index (χ1) is 12.8. The molecule has 0 aromatic rings. The molecule has 2 N–H and O–H groups in total. The zero-order valence-electron chi connectivity index (χ0n) is 16.1. The van der Waals surface area contributed by atoms with Crippen molar-refractivity contribution in [3.05, 3.63) is 24.3 Å². The lowest BCUT2D eigenvalue weighted by Gasteiger charge is -2.30. The van der Waals surface area contributed by atoms with Crippen molar-refractivity contribution >= 4 is 11.8 Å². The topological polar surface area (TPSA) is 74.6 Å². The molecule has 1 unspecified atom stereocenters. The Labute approximate surface area is 160 Å². The molecule has 0 radical (unpaired) electrons. The van der Waals surface area contributed by atoms with Crippen LogP contribution in [0.5, 0.6) is 0 Å². The van der Waals surface area contributed by atoms with E-state index in [1.165, 1.54) is 0 Å². The van der Waals surface area contributed by atoms with Crippen molar-refractivity contribution in [1.29, 1.82) is 0 Å². The highest BCUT2D eigenvalue weighted by Gasteiger charge is 2.51. The Balaban J connectivity index is 2.66. The van der Waals surface area contributed by atoms with Crippen molar-refractivity contribution < 1.29 is 28.6 Å². The highest BCUT2D eigenvalue weighted by Crippen LogP contribution is 2.49. The number of carbonyl (C=O) groups excluding carboxylic acids is 1. The first kappa shape index (κ1) is 23.5. The fourth-order valence-corrected chi connectivity index (χ4v) is 3.59. The van der Waals surface area contributed by atoms with Gasteiger partial charge in [-0.05, 0) is 38.5 Å². The number of hydrogen-bond acceptors (Lipinski definition) is 3. The molecule has 1 rings (SSSR count). The van der Waals surface area contributed by atoms with Crippen LogP contribution in [0.1, 0.15) is 71.1 Å². The predicted octanol–water partition coefficient (Wildman–Crippen LogP) is 4.92. The van der Waals surface area contributed by atoms with Gasteiger partial charge >= 0.3 is 5.97 Å². The average Bonchev–Trinajstić information content (AvgIpc) is 2.94. The number of rotatable bonds is 13. The van der Waals surface area contributed by atoms with Gasteiger partial charge in [0.15, 0.2) is 6.10 Å². The maximum Gasteiger partial charge on any atom is 0.332 e. The van der Waals surface area contributed by atoms with Crippen LogP contribution in [-0.2, 0) is 9.59 Å². The number of hydrogen-bond donors (Lipinski definition) is 2. The lowest BCUT2D eigenvalue weighted by molar-refractivity contribution is -0.146. The number of ketones is 1. The standard InChI is InChI=1S/C21H32F2O4/c1-2-3-4-5-6-10-14-21(20(22)23)15-13-17(24)16(21)11-8-7-9-12-18(25)19(26)27/h7-8,10,14,16,18,20,25H,2-6,9,11-13,15H2,1H3,(H,26,27)/t16-,18?,21-/m0/s1. The van der Waals surface area contributed by atoms with E-state index >= 15 is 0 Å². The van der Waals surface area contributed by atoms with E-state index in [2.05, 4.69) is 6.92 Å². The molecule has 0 aliphatic heterocycles. The molecular formula is C21H32F2O4. The van der Waals surface area contributed by atoms with E-state index < -0.39 is 29.8 Å². The number of carbonyl (C=O) groups is 2. The van der Waals surface area contributed by atoms with Crippen molar-refractivity contribution in [2.75, 3.05) is 0 Å². The zero-order valence-corrected chi connectivity index (χ0v) is 16.1. The summed E-state index contributed by atoms with van der Waals surface area (Å²) in [4.78, 5) is 22.8. The van der Waals surface area contributed by atoms with Gasteiger partial charge in [-0.15, -0.1) is 0 Å². The van der Waals surface area contributed by atoms with Gasteiger partial charge in [0.05, 0.1) is 5.41 Å². The largest absolute Gasteiger partial charge is 0.479 e. The van der Waals surface area contributed by atoms with E-state index in [0.717, 1.165) is 32.1 Å². The molecule has 0 aromatic heterocycles. The Hall–Kier alpha value is -1.56. The van der Waals surface area contributed by atoms with Crippen LogP contribution in [0, 0.1) is 11.3 Å². The van der Waals surface area contributed by atoms with Gasteiger partial charge in [-0.1, -0.05) is 50.5 Å². The lowest BCUT2D eigenvalue weighted by atomic mass is 9.75. The SMILES string of the molecule is CCCCCCC=C[C@]1(C(F)F)CCC(=O)[C@@H]1CC=CCCC(O)C(=O)O. The first-order valence-electron chi connectivity index (χ1n) is 9.89. The van der Waals surface area contributed by atoms with Crippen LogP contribution in [0.4, 0.5) is 8.78 Å². The number of unbranched alkanes of at least 4 members (excludes halogenated alkanes) is 4. The number of allylic oxidation sites excluding steroid dienone is 4. The minimum atomic E-state index is -2.59. The number of carboxylic acid groups (broad SMARTS) is 1. The summed E-state index contributed by atoms with van der Waals surface area (Å²) in [5.74, 6) is -2.17. The van der Waals surface area contributed by atoms with Crippen LogP contribution in [0.25, 0.3) is 0 Å². The number of alkyl halides is 2.